The minimum atomic E-state index is 0.465. The van der Waals surface area contributed by atoms with E-state index in [1.165, 1.54) is 19.3 Å². The Morgan fingerprint density at radius 3 is 2.94 bits per heavy atom. The summed E-state index contributed by atoms with van der Waals surface area (Å²) in [6.45, 7) is 6.65. The number of hydrogen-bond acceptors (Lipinski definition) is 5. The van der Waals surface area contributed by atoms with Crippen molar-refractivity contribution in [2.24, 2.45) is 11.7 Å². The zero-order chi connectivity index (χ0) is 12.3. The van der Waals surface area contributed by atoms with Crippen molar-refractivity contribution >= 4 is 0 Å². The number of aromatic nitrogens is 2. The number of piperidine rings is 1. The number of hydrogen-bond donors (Lipinski definition) is 1. The maximum Gasteiger partial charge on any atom is 0.223 e. The van der Waals surface area contributed by atoms with E-state index in [2.05, 4.69) is 22.0 Å². The van der Waals surface area contributed by atoms with E-state index in [-0.39, 0.29) is 0 Å². The monoisotopic (exact) mass is 238 g/mol. The van der Waals surface area contributed by atoms with Crippen LogP contribution in [-0.4, -0.2) is 34.2 Å². The number of rotatable bonds is 4. The predicted molar refractivity (Wildman–Crippen MR) is 65.3 cm³/mol. The van der Waals surface area contributed by atoms with Crippen LogP contribution in [0.4, 0.5) is 0 Å². The fourth-order valence-electron chi connectivity index (χ4n) is 2.59. The van der Waals surface area contributed by atoms with Crippen LogP contribution < -0.4 is 5.73 Å². The average Bonchev–Trinajstić information content (AvgIpc) is 2.75. The maximum absolute atomic E-state index is 5.86. The first kappa shape index (κ1) is 12.5. The van der Waals surface area contributed by atoms with Crippen LogP contribution in [0.3, 0.4) is 0 Å². The Balaban J connectivity index is 1.95. The smallest absolute Gasteiger partial charge is 0.223 e. The van der Waals surface area contributed by atoms with Crippen molar-refractivity contribution in [3.05, 3.63) is 11.7 Å². The quantitative estimate of drug-likeness (QED) is 0.857. The SMILES string of the molecule is CCC1CCN(Cc2noc(C)n2)C(CN)C1. The molecule has 0 aliphatic carbocycles. The molecule has 0 saturated carbocycles. The summed E-state index contributed by atoms with van der Waals surface area (Å²) in [6.07, 6.45) is 3.71. The molecule has 1 aromatic heterocycles. The van der Waals surface area contributed by atoms with Crippen molar-refractivity contribution in [1.29, 1.82) is 0 Å². The lowest BCUT2D eigenvalue weighted by Crippen LogP contribution is -2.46. The molecule has 1 saturated heterocycles. The van der Waals surface area contributed by atoms with E-state index in [4.69, 9.17) is 10.3 Å². The Morgan fingerprint density at radius 1 is 1.53 bits per heavy atom. The minimum Gasteiger partial charge on any atom is -0.340 e. The van der Waals surface area contributed by atoms with Gasteiger partial charge in [0.25, 0.3) is 0 Å². The highest BCUT2D eigenvalue weighted by Crippen LogP contribution is 2.25. The van der Waals surface area contributed by atoms with Gasteiger partial charge in [0.2, 0.25) is 5.89 Å². The lowest BCUT2D eigenvalue weighted by atomic mass is 9.89. The molecule has 2 unspecified atom stereocenters. The molecule has 0 bridgehead atoms. The molecular formula is C12H22N4O. The van der Waals surface area contributed by atoms with Crippen molar-refractivity contribution in [2.45, 2.75) is 45.7 Å². The van der Waals surface area contributed by atoms with Gasteiger partial charge in [-0.1, -0.05) is 18.5 Å². The van der Waals surface area contributed by atoms with Gasteiger partial charge < -0.3 is 10.3 Å². The number of nitrogens with zero attached hydrogens (tertiary/aromatic N) is 3. The molecule has 1 aliphatic heterocycles. The van der Waals surface area contributed by atoms with E-state index in [0.29, 0.717) is 18.5 Å². The van der Waals surface area contributed by atoms with Gasteiger partial charge in [0.15, 0.2) is 5.82 Å². The van der Waals surface area contributed by atoms with Crippen LogP contribution in [-0.2, 0) is 6.54 Å². The zero-order valence-electron chi connectivity index (χ0n) is 10.7. The molecule has 1 aliphatic rings. The molecule has 5 heteroatoms. The predicted octanol–water partition coefficient (Wildman–Crippen LogP) is 1.33. The van der Waals surface area contributed by atoms with E-state index in [9.17, 15) is 0 Å². The minimum absolute atomic E-state index is 0.465. The summed E-state index contributed by atoms with van der Waals surface area (Å²) in [5.74, 6) is 2.23. The van der Waals surface area contributed by atoms with Gasteiger partial charge in [-0.3, -0.25) is 4.90 Å². The Morgan fingerprint density at radius 2 is 2.35 bits per heavy atom. The van der Waals surface area contributed by atoms with Crippen molar-refractivity contribution in [2.75, 3.05) is 13.1 Å². The van der Waals surface area contributed by atoms with E-state index in [1.54, 1.807) is 0 Å². The largest absolute Gasteiger partial charge is 0.340 e. The highest BCUT2D eigenvalue weighted by Gasteiger charge is 2.27. The van der Waals surface area contributed by atoms with E-state index in [0.717, 1.165) is 24.8 Å². The molecule has 2 N–H and O–H groups in total. The van der Waals surface area contributed by atoms with Gasteiger partial charge in [0.05, 0.1) is 6.54 Å². The fourth-order valence-corrected chi connectivity index (χ4v) is 2.59. The second-order valence-electron chi connectivity index (χ2n) is 4.89. The fraction of sp³-hybridized carbons (Fsp3) is 0.833. The number of likely N-dealkylation sites (tertiary alicyclic amines) is 1. The maximum atomic E-state index is 5.86. The van der Waals surface area contributed by atoms with E-state index >= 15 is 0 Å². The van der Waals surface area contributed by atoms with Crippen LogP contribution in [0.5, 0.6) is 0 Å². The van der Waals surface area contributed by atoms with Gasteiger partial charge in [-0.25, -0.2) is 0 Å². The molecule has 96 valence electrons. The van der Waals surface area contributed by atoms with Crippen LogP contribution in [0, 0.1) is 12.8 Å². The Kier molecular flexibility index (Phi) is 4.12. The van der Waals surface area contributed by atoms with Gasteiger partial charge in [-0.2, -0.15) is 4.98 Å². The van der Waals surface area contributed by atoms with Crippen molar-refractivity contribution in [1.82, 2.24) is 15.0 Å². The summed E-state index contributed by atoms with van der Waals surface area (Å²) in [5.41, 5.74) is 5.86. The molecular weight excluding hydrogens is 216 g/mol. The molecule has 2 rings (SSSR count). The third-order valence-electron chi connectivity index (χ3n) is 3.71. The standard InChI is InChI=1S/C12H22N4O/c1-3-10-4-5-16(11(6-10)7-13)8-12-14-9(2)17-15-12/h10-11H,3-8,13H2,1-2H3. The lowest BCUT2D eigenvalue weighted by molar-refractivity contribution is 0.104. The van der Waals surface area contributed by atoms with Crippen molar-refractivity contribution in [3.8, 4) is 0 Å². The van der Waals surface area contributed by atoms with Gasteiger partial charge in [-0.15, -0.1) is 0 Å². The van der Waals surface area contributed by atoms with Crippen LogP contribution in [0.1, 0.15) is 37.9 Å². The van der Waals surface area contributed by atoms with Gasteiger partial charge in [-0.05, 0) is 25.3 Å². The third kappa shape index (κ3) is 3.04. The van der Waals surface area contributed by atoms with E-state index in [1.807, 2.05) is 6.92 Å². The third-order valence-corrected chi connectivity index (χ3v) is 3.71. The first-order chi connectivity index (χ1) is 8.22. The molecule has 1 fully saturated rings. The molecule has 0 aromatic carbocycles. The first-order valence-corrected chi connectivity index (χ1v) is 6.46. The summed E-state index contributed by atoms with van der Waals surface area (Å²) in [7, 11) is 0. The molecule has 1 aromatic rings. The number of nitrogens with two attached hydrogens (primary N) is 1. The Bertz CT molecular complexity index is 352. The lowest BCUT2D eigenvalue weighted by Gasteiger charge is -2.38. The second kappa shape index (κ2) is 5.60. The molecule has 2 heterocycles. The topological polar surface area (TPSA) is 68.2 Å². The van der Waals surface area contributed by atoms with Gasteiger partial charge >= 0.3 is 0 Å². The Hall–Kier alpha value is -0.940. The summed E-state index contributed by atoms with van der Waals surface area (Å²) < 4.78 is 5.00. The van der Waals surface area contributed by atoms with Crippen molar-refractivity contribution < 1.29 is 4.52 Å². The molecule has 0 amide bonds. The van der Waals surface area contributed by atoms with Crippen LogP contribution >= 0.6 is 0 Å². The van der Waals surface area contributed by atoms with Crippen LogP contribution in [0.15, 0.2) is 4.52 Å². The molecule has 0 radical (unpaired) electrons. The summed E-state index contributed by atoms with van der Waals surface area (Å²) in [5, 5.41) is 3.95. The molecule has 0 spiro atoms. The second-order valence-corrected chi connectivity index (χ2v) is 4.89. The molecule has 5 nitrogen and oxygen atoms in total. The first-order valence-electron chi connectivity index (χ1n) is 6.46. The highest BCUT2D eigenvalue weighted by atomic mass is 16.5. The van der Waals surface area contributed by atoms with Crippen molar-refractivity contribution in [3.63, 3.8) is 0 Å². The molecule has 17 heavy (non-hydrogen) atoms. The van der Waals surface area contributed by atoms with E-state index < -0.39 is 0 Å². The zero-order valence-corrected chi connectivity index (χ0v) is 10.7. The van der Waals surface area contributed by atoms with Gasteiger partial charge in [0.1, 0.15) is 0 Å². The average molecular weight is 238 g/mol. The Labute approximate surface area is 102 Å². The van der Waals surface area contributed by atoms with Crippen LogP contribution in [0.25, 0.3) is 0 Å². The van der Waals surface area contributed by atoms with Crippen LogP contribution in [0.2, 0.25) is 0 Å². The number of aryl methyl sites for hydroxylation is 1. The summed E-state index contributed by atoms with van der Waals surface area (Å²) >= 11 is 0. The normalized spacial score (nSPS) is 26.3. The summed E-state index contributed by atoms with van der Waals surface area (Å²) in [4.78, 5) is 6.64. The molecule has 2 atom stereocenters. The highest BCUT2D eigenvalue weighted by molar-refractivity contribution is 4.89. The summed E-state index contributed by atoms with van der Waals surface area (Å²) in [6, 6.07) is 0.465. The van der Waals surface area contributed by atoms with Gasteiger partial charge in [0, 0.05) is 19.5 Å².